The van der Waals surface area contributed by atoms with E-state index in [0.29, 0.717) is 0 Å². The van der Waals surface area contributed by atoms with Crippen molar-refractivity contribution in [1.82, 2.24) is 0 Å². The van der Waals surface area contributed by atoms with Crippen LogP contribution in [0.25, 0.3) is 0 Å². The Bertz CT molecular complexity index is 292. The van der Waals surface area contributed by atoms with E-state index >= 15 is 0 Å². The second kappa shape index (κ2) is 4.67. The van der Waals surface area contributed by atoms with Gasteiger partial charge in [-0.2, -0.15) is 0 Å². The maximum Gasteiger partial charge on any atom is 0.0426 e. The number of rotatable bonds is 4. The lowest BCUT2D eigenvalue weighted by molar-refractivity contribution is 0.491. The minimum absolute atomic E-state index is 0.119. The van der Waals surface area contributed by atoms with E-state index in [-0.39, 0.29) is 5.54 Å². The van der Waals surface area contributed by atoms with Crippen LogP contribution in [0.3, 0.4) is 0 Å². The van der Waals surface area contributed by atoms with Crippen LogP contribution in [0.4, 0.5) is 5.69 Å². The van der Waals surface area contributed by atoms with Gasteiger partial charge in [-0.05, 0) is 38.5 Å². The summed E-state index contributed by atoms with van der Waals surface area (Å²) in [6.07, 6.45) is 0.930. The van der Waals surface area contributed by atoms with Gasteiger partial charge in [0.05, 0.1) is 0 Å². The van der Waals surface area contributed by atoms with Crippen molar-refractivity contribution < 1.29 is 0 Å². The summed E-state index contributed by atoms with van der Waals surface area (Å²) >= 11 is 5.85. The number of halogens is 1. The van der Waals surface area contributed by atoms with Gasteiger partial charge in [-0.3, -0.25) is 0 Å². The maximum absolute atomic E-state index is 5.86. The molecule has 0 atom stereocenters. The molecular weight excluding hydrogens is 196 g/mol. The first-order chi connectivity index (χ1) is 6.47. The molecule has 0 radical (unpaired) electrons. The van der Waals surface area contributed by atoms with E-state index in [1.165, 1.54) is 0 Å². The van der Waals surface area contributed by atoms with Crippen LogP contribution >= 0.6 is 11.6 Å². The van der Waals surface area contributed by atoms with E-state index < -0.39 is 0 Å². The van der Waals surface area contributed by atoms with Crippen molar-refractivity contribution in [2.75, 3.05) is 11.9 Å². The summed E-state index contributed by atoms with van der Waals surface area (Å²) in [5.41, 5.74) is 6.79. The molecule has 3 N–H and O–H groups in total. The largest absolute Gasteiger partial charge is 0.385 e. The molecule has 0 bridgehead atoms. The fourth-order valence-electron chi connectivity index (χ4n) is 1.13. The zero-order valence-corrected chi connectivity index (χ0v) is 9.43. The third kappa shape index (κ3) is 4.49. The molecule has 1 rings (SSSR count). The molecule has 0 saturated heterocycles. The van der Waals surface area contributed by atoms with Crippen molar-refractivity contribution in [1.29, 1.82) is 0 Å². The molecule has 0 aromatic heterocycles. The van der Waals surface area contributed by atoms with E-state index in [4.69, 9.17) is 17.3 Å². The first-order valence-corrected chi connectivity index (χ1v) is 5.13. The second-order valence-electron chi connectivity index (χ2n) is 4.18. The normalized spacial score (nSPS) is 11.4. The summed E-state index contributed by atoms with van der Waals surface area (Å²) in [5.74, 6) is 0. The molecule has 0 heterocycles. The van der Waals surface area contributed by atoms with Crippen molar-refractivity contribution in [3.63, 3.8) is 0 Å². The molecule has 0 aliphatic carbocycles. The summed E-state index contributed by atoms with van der Waals surface area (Å²) in [6.45, 7) is 4.91. The van der Waals surface area contributed by atoms with Gasteiger partial charge in [-0.15, -0.1) is 0 Å². The zero-order valence-electron chi connectivity index (χ0n) is 8.68. The highest BCUT2D eigenvalue weighted by Crippen LogP contribution is 2.15. The van der Waals surface area contributed by atoms with E-state index in [2.05, 4.69) is 5.32 Å². The van der Waals surface area contributed by atoms with Gasteiger partial charge in [0.1, 0.15) is 0 Å². The van der Waals surface area contributed by atoms with Crippen LogP contribution in [0.1, 0.15) is 20.3 Å². The molecule has 0 fully saturated rings. The Balaban J connectivity index is 2.39. The smallest absolute Gasteiger partial charge is 0.0426 e. The Hall–Kier alpha value is -0.730. The van der Waals surface area contributed by atoms with Crippen LogP contribution in [0, 0.1) is 0 Å². The van der Waals surface area contributed by atoms with Gasteiger partial charge in [-0.1, -0.05) is 17.7 Å². The molecule has 1 aromatic carbocycles. The molecule has 3 heteroatoms. The van der Waals surface area contributed by atoms with Gasteiger partial charge in [0.25, 0.3) is 0 Å². The average molecular weight is 213 g/mol. The fraction of sp³-hybridized carbons (Fsp3) is 0.455. The standard InChI is InChI=1S/C11H17ClN2/c1-11(2,13)6-7-14-10-5-3-4-9(12)8-10/h3-5,8,14H,6-7,13H2,1-2H3. The number of hydrogen-bond acceptors (Lipinski definition) is 2. The molecular formula is C11H17ClN2. The number of hydrogen-bond donors (Lipinski definition) is 2. The van der Waals surface area contributed by atoms with Crippen LogP contribution in [0.5, 0.6) is 0 Å². The molecule has 2 nitrogen and oxygen atoms in total. The Morgan fingerprint density at radius 3 is 2.71 bits per heavy atom. The lowest BCUT2D eigenvalue weighted by Crippen LogP contribution is -2.34. The predicted octanol–water partition coefficient (Wildman–Crippen LogP) is 2.88. The second-order valence-corrected chi connectivity index (χ2v) is 4.61. The van der Waals surface area contributed by atoms with E-state index in [1.54, 1.807) is 0 Å². The van der Waals surface area contributed by atoms with Crippen LogP contribution in [-0.2, 0) is 0 Å². The summed E-state index contributed by atoms with van der Waals surface area (Å²) in [6, 6.07) is 7.69. The lowest BCUT2D eigenvalue weighted by atomic mass is 10.0. The number of nitrogens with two attached hydrogens (primary N) is 1. The predicted molar refractivity (Wildman–Crippen MR) is 62.8 cm³/mol. The molecule has 0 unspecified atom stereocenters. The first kappa shape index (κ1) is 11.3. The van der Waals surface area contributed by atoms with E-state index in [1.807, 2.05) is 38.1 Å². The molecule has 0 aliphatic heterocycles. The van der Waals surface area contributed by atoms with Crippen LogP contribution < -0.4 is 11.1 Å². The third-order valence-electron chi connectivity index (χ3n) is 1.92. The molecule has 0 saturated carbocycles. The van der Waals surface area contributed by atoms with Crippen LogP contribution in [0.15, 0.2) is 24.3 Å². The highest BCUT2D eigenvalue weighted by atomic mass is 35.5. The van der Waals surface area contributed by atoms with Crippen molar-refractivity contribution in [3.8, 4) is 0 Å². The Morgan fingerprint density at radius 2 is 2.14 bits per heavy atom. The maximum atomic E-state index is 5.86. The molecule has 78 valence electrons. The topological polar surface area (TPSA) is 38.0 Å². The van der Waals surface area contributed by atoms with Gasteiger partial charge in [0.15, 0.2) is 0 Å². The number of nitrogens with one attached hydrogen (secondary N) is 1. The van der Waals surface area contributed by atoms with Crippen molar-refractivity contribution in [3.05, 3.63) is 29.3 Å². The van der Waals surface area contributed by atoms with Gasteiger partial charge >= 0.3 is 0 Å². The Morgan fingerprint density at radius 1 is 1.43 bits per heavy atom. The van der Waals surface area contributed by atoms with Crippen molar-refractivity contribution in [2.45, 2.75) is 25.8 Å². The van der Waals surface area contributed by atoms with Crippen LogP contribution in [0.2, 0.25) is 5.02 Å². The number of anilines is 1. The molecule has 1 aromatic rings. The van der Waals surface area contributed by atoms with Gasteiger partial charge in [0, 0.05) is 22.8 Å². The Labute approximate surface area is 90.4 Å². The summed E-state index contributed by atoms with van der Waals surface area (Å²) in [7, 11) is 0. The molecule has 0 amide bonds. The fourth-order valence-corrected chi connectivity index (χ4v) is 1.32. The minimum Gasteiger partial charge on any atom is -0.385 e. The molecule has 14 heavy (non-hydrogen) atoms. The van der Waals surface area contributed by atoms with Gasteiger partial charge in [-0.25, -0.2) is 0 Å². The summed E-state index contributed by atoms with van der Waals surface area (Å²) < 4.78 is 0. The number of benzene rings is 1. The van der Waals surface area contributed by atoms with Gasteiger partial charge < -0.3 is 11.1 Å². The monoisotopic (exact) mass is 212 g/mol. The summed E-state index contributed by atoms with van der Waals surface area (Å²) in [4.78, 5) is 0. The van der Waals surface area contributed by atoms with Crippen molar-refractivity contribution >= 4 is 17.3 Å². The SMILES string of the molecule is CC(C)(N)CCNc1cccc(Cl)c1. The van der Waals surface area contributed by atoms with Gasteiger partial charge in [0.2, 0.25) is 0 Å². The highest BCUT2D eigenvalue weighted by molar-refractivity contribution is 6.30. The van der Waals surface area contributed by atoms with Crippen LogP contribution in [-0.4, -0.2) is 12.1 Å². The lowest BCUT2D eigenvalue weighted by Gasteiger charge is -2.18. The average Bonchev–Trinajstić information content (AvgIpc) is 2.01. The van der Waals surface area contributed by atoms with Crippen molar-refractivity contribution in [2.24, 2.45) is 5.73 Å². The minimum atomic E-state index is -0.119. The Kier molecular flexibility index (Phi) is 3.78. The van der Waals surface area contributed by atoms with E-state index in [9.17, 15) is 0 Å². The quantitative estimate of drug-likeness (QED) is 0.806. The first-order valence-electron chi connectivity index (χ1n) is 4.76. The zero-order chi connectivity index (χ0) is 10.6. The third-order valence-corrected chi connectivity index (χ3v) is 2.16. The highest BCUT2D eigenvalue weighted by Gasteiger charge is 2.08. The summed E-state index contributed by atoms with van der Waals surface area (Å²) in [5, 5.41) is 4.03. The van der Waals surface area contributed by atoms with E-state index in [0.717, 1.165) is 23.7 Å². The molecule has 0 spiro atoms. The molecule has 0 aliphatic rings.